The van der Waals surface area contributed by atoms with Gasteiger partial charge in [-0.05, 0) is 38.3 Å². The minimum absolute atomic E-state index is 0.0581. The van der Waals surface area contributed by atoms with Crippen molar-refractivity contribution in [3.63, 3.8) is 0 Å². The van der Waals surface area contributed by atoms with Crippen molar-refractivity contribution >= 4 is 6.03 Å². The number of rotatable bonds is 5. The van der Waals surface area contributed by atoms with Gasteiger partial charge in [0, 0.05) is 32.2 Å². The van der Waals surface area contributed by atoms with Crippen LogP contribution in [-0.4, -0.2) is 41.3 Å². The van der Waals surface area contributed by atoms with Crippen LogP contribution in [0.3, 0.4) is 0 Å². The molecule has 1 unspecified atom stereocenters. The molecular weight excluding hydrogens is 292 g/mol. The normalized spacial score (nSPS) is 18.3. The maximum absolute atomic E-state index is 12.1. The molecule has 0 radical (unpaired) electrons. The molecule has 1 atom stereocenters. The molecule has 2 rings (SSSR count). The molecule has 2 amide bonds. The molecule has 0 bridgehead atoms. The fourth-order valence-electron chi connectivity index (χ4n) is 2.58. The lowest BCUT2D eigenvalue weighted by Crippen LogP contribution is -2.38. The second kappa shape index (κ2) is 7.79. The van der Waals surface area contributed by atoms with E-state index in [9.17, 15) is 4.79 Å². The maximum atomic E-state index is 12.1. The van der Waals surface area contributed by atoms with Crippen LogP contribution in [0.25, 0.3) is 0 Å². The summed E-state index contributed by atoms with van der Waals surface area (Å²) < 4.78 is 5.78. The molecule has 1 saturated heterocycles. The van der Waals surface area contributed by atoms with Crippen LogP contribution in [0.15, 0.2) is 24.3 Å². The second-order valence-corrected chi connectivity index (χ2v) is 7.16. The highest BCUT2D eigenvalue weighted by Crippen LogP contribution is 2.16. The van der Waals surface area contributed by atoms with Gasteiger partial charge in [-0.2, -0.15) is 0 Å². The summed E-state index contributed by atoms with van der Waals surface area (Å²) in [4.78, 5) is 13.9. The number of nitrogens with zero attached hydrogens (tertiary/aromatic N) is 1. The molecule has 128 valence electrons. The van der Waals surface area contributed by atoms with Crippen molar-refractivity contribution in [3.8, 4) is 0 Å². The van der Waals surface area contributed by atoms with Gasteiger partial charge in [0.25, 0.3) is 0 Å². The van der Waals surface area contributed by atoms with E-state index in [1.165, 1.54) is 0 Å². The molecular formula is C18H28N2O3. The summed E-state index contributed by atoms with van der Waals surface area (Å²) >= 11 is 0. The Morgan fingerprint density at radius 3 is 2.78 bits per heavy atom. The highest BCUT2D eigenvalue weighted by molar-refractivity contribution is 5.74. The summed E-state index contributed by atoms with van der Waals surface area (Å²) in [7, 11) is 0. The predicted molar refractivity (Wildman–Crippen MR) is 90.0 cm³/mol. The summed E-state index contributed by atoms with van der Waals surface area (Å²) in [5, 5.41) is 12.1. The quantitative estimate of drug-likeness (QED) is 0.876. The third-order valence-electron chi connectivity index (χ3n) is 3.94. The van der Waals surface area contributed by atoms with Crippen LogP contribution in [-0.2, 0) is 17.9 Å². The fourth-order valence-corrected chi connectivity index (χ4v) is 2.58. The van der Waals surface area contributed by atoms with Crippen LogP contribution in [0.2, 0.25) is 0 Å². The molecule has 1 aromatic rings. The molecule has 2 N–H and O–H groups in total. The summed E-state index contributed by atoms with van der Waals surface area (Å²) in [6.07, 6.45) is 0.879. The van der Waals surface area contributed by atoms with Gasteiger partial charge in [0.05, 0.1) is 12.2 Å². The van der Waals surface area contributed by atoms with Crippen molar-refractivity contribution in [2.45, 2.75) is 45.9 Å². The molecule has 23 heavy (non-hydrogen) atoms. The molecule has 5 nitrogen and oxygen atoms in total. The lowest BCUT2D eigenvalue weighted by atomic mass is 10.1. The van der Waals surface area contributed by atoms with Gasteiger partial charge in [-0.25, -0.2) is 4.79 Å². The van der Waals surface area contributed by atoms with E-state index in [0.29, 0.717) is 19.7 Å². The number of hydrogen-bond acceptors (Lipinski definition) is 3. The van der Waals surface area contributed by atoms with E-state index in [4.69, 9.17) is 9.84 Å². The average Bonchev–Trinajstić information content (AvgIpc) is 2.99. The van der Waals surface area contributed by atoms with Crippen LogP contribution in [0, 0.1) is 5.92 Å². The van der Waals surface area contributed by atoms with Gasteiger partial charge in [0.15, 0.2) is 0 Å². The molecule has 1 aliphatic rings. The SMILES string of the molecule is CC(C)(C)OCc1cccc(CNC(=O)N2CCC(CO)C2)c1. The number of aliphatic hydroxyl groups excluding tert-OH is 1. The molecule has 1 aliphatic heterocycles. The number of carbonyl (C=O) groups excluding carboxylic acids is 1. The summed E-state index contributed by atoms with van der Waals surface area (Å²) in [5.41, 5.74) is 2.00. The first kappa shape index (κ1) is 17.8. The van der Waals surface area contributed by atoms with Gasteiger partial charge in [-0.1, -0.05) is 24.3 Å². The van der Waals surface area contributed by atoms with Crippen molar-refractivity contribution in [2.75, 3.05) is 19.7 Å². The van der Waals surface area contributed by atoms with Gasteiger partial charge >= 0.3 is 6.03 Å². The van der Waals surface area contributed by atoms with E-state index < -0.39 is 0 Å². The number of benzene rings is 1. The molecule has 5 heteroatoms. The van der Waals surface area contributed by atoms with Crippen molar-refractivity contribution in [1.82, 2.24) is 10.2 Å². The monoisotopic (exact) mass is 320 g/mol. The third kappa shape index (κ3) is 5.84. The van der Waals surface area contributed by atoms with Crippen molar-refractivity contribution in [2.24, 2.45) is 5.92 Å². The number of urea groups is 1. The van der Waals surface area contributed by atoms with Gasteiger partial charge in [-0.3, -0.25) is 0 Å². The van der Waals surface area contributed by atoms with Crippen LogP contribution in [0.5, 0.6) is 0 Å². The molecule has 1 aromatic carbocycles. The Hall–Kier alpha value is -1.59. The van der Waals surface area contributed by atoms with E-state index in [1.54, 1.807) is 4.90 Å². The van der Waals surface area contributed by atoms with Crippen molar-refractivity contribution in [1.29, 1.82) is 0 Å². The fraction of sp³-hybridized carbons (Fsp3) is 0.611. The first-order valence-corrected chi connectivity index (χ1v) is 8.23. The Morgan fingerprint density at radius 1 is 1.39 bits per heavy atom. The Morgan fingerprint density at radius 2 is 2.13 bits per heavy atom. The summed E-state index contributed by atoms with van der Waals surface area (Å²) in [6, 6.07) is 8.02. The number of ether oxygens (including phenoxy) is 1. The number of carbonyl (C=O) groups is 1. The number of aliphatic hydroxyl groups is 1. The highest BCUT2D eigenvalue weighted by Gasteiger charge is 2.25. The molecule has 0 saturated carbocycles. The number of hydrogen-bond donors (Lipinski definition) is 2. The first-order valence-electron chi connectivity index (χ1n) is 8.23. The highest BCUT2D eigenvalue weighted by atomic mass is 16.5. The van der Waals surface area contributed by atoms with Crippen LogP contribution >= 0.6 is 0 Å². The Labute approximate surface area is 138 Å². The molecule has 0 spiro atoms. The van der Waals surface area contributed by atoms with Crippen molar-refractivity contribution < 1.29 is 14.6 Å². The first-order chi connectivity index (χ1) is 10.9. The van der Waals surface area contributed by atoms with E-state index >= 15 is 0 Å². The zero-order chi connectivity index (χ0) is 16.9. The molecule has 0 aromatic heterocycles. The van der Waals surface area contributed by atoms with E-state index in [1.807, 2.05) is 39.0 Å². The molecule has 1 fully saturated rings. The van der Waals surface area contributed by atoms with Crippen LogP contribution in [0.4, 0.5) is 4.79 Å². The zero-order valence-corrected chi connectivity index (χ0v) is 14.3. The number of likely N-dealkylation sites (tertiary alicyclic amines) is 1. The lowest BCUT2D eigenvalue weighted by Gasteiger charge is -2.20. The third-order valence-corrected chi connectivity index (χ3v) is 3.94. The molecule has 0 aliphatic carbocycles. The van der Waals surface area contributed by atoms with Crippen molar-refractivity contribution in [3.05, 3.63) is 35.4 Å². The Balaban J connectivity index is 1.82. The van der Waals surface area contributed by atoms with Gasteiger partial charge in [-0.15, -0.1) is 0 Å². The van der Waals surface area contributed by atoms with E-state index in [2.05, 4.69) is 11.4 Å². The van der Waals surface area contributed by atoms with Crippen LogP contribution in [0.1, 0.15) is 38.3 Å². The van der Waals surface area contributed by atoms with Gasteiger partial charge in [0.2, 0.25) is 0 Å². The summed E-state index contributed by atoms with van der Waals surface area (Å²) in [5.74, 6) is 0.221. The minimum atomic E-state index is -0.163. The van der Waals surface area contributed by atoms with E-state index in [0.717, 1.165) is 24.1 Å². The standard InChI is InChI=1S/C18H28N2O3/c1-18(2,3)23-13-15-6-4-5-14(9-15)10-19-17(22)20-8-7-16(11-20)12-21/h4-6,9,16,21H,7-8,10-13H2,1-3H3,(H,19,22). The number of nitrogens with one attached hydrogen (secondary N) is 1. The van der Waals surface area contributed by atoms with Crippen LogP contribution < -0.4 is 5.32 Å². The Bertz CT molecular complexity index is 525. The predicted octanol–water partition coefficient (Wildman–Crippen LogP) is 2.53. The lowest BCUT2D eigenvalue weighted by molar-refractivity contribution is -0.0149. The average molecular weight is 320 g/mol. The van der Waals surface area contributed by atoms with Gasteiger partial charge in [0.1, 0.15) is 0 Å². The Kier molecular flexibility index (Phi) is 6.02. The maximum Gasteiger partial charge on any atom is 0.317 e. The van der Waals surface area contributed by atoms with E-state index in [-0.39, 0.29) is 24.2 Å². The summed E-state index contributed by atoms with van der Waals surface area (Å²) in [6.45, 7) is 8.68. The smallest absolute Gasteiger partial charge is 0.317 e. The topological polar surface area (TPSA) is 61.8 Å². The van der Waals surface area contributed by atoms with Gasteiger partial charge < -0.3 is 20.1 Å². The second-order valence-electron chi connectivity index (χ2n) is 7.16. The number of amides is 2. The minimum Gasteiger partial charge on any atom is -0.396 e. The largest absolute Gasteiger partial charge is 0.396 e. The zero-order valence-electron chi connectivity index (χ0n) is 14.3. The molecule has 1 heterocycles.